The molecule has 1 amide bonds. The molecule has 3 aliphatic carbocycles. The van der Waals surface area contributed by atoms with Crippen LogP contribution in [0, 0.1) is 17.3 Å². The van der Waals surface area contributed by atoms with Crippen molar-refractivity contribution in [2.24, 2.45) is 17.3 Å². The molecule has 7 aliphatic rings. The third-order valence-electron chi connectivity index (χ3n) is 10.1. The Morgan fingerprint density at radius 3 is 2.74 bits per heavy atom. The van der Waals surface area contributed by atoms with Crippen LogP contribution in [0.4, 0.5) is 4.79 Å². The van der Waals surface area contributed by atoms with Crippen LogP contribution in [0.5, 0.6) is 0 Å². The largest absolute Gasteiger partial charge is 0.508 e. The van der Waals surface area contributed by atoms with Gasteiger partial charge in [0.1, 0.15) is 36.6 Å². The van der Waals surface area contributed by atoms with E-state index in [9.17, 15) is 14.4 Å². The molecule has 9 atom stereocenters. The van der Waals surface area contributed by atoms with E-state index in [1.54, 1.807) is 0 Å². The normalized spacial score (nSPS) is 49.4. The van der Waals surface area contributed by atoms with Gasteiger partial charge in [-0.3, -0.25) is 4.79 Å². The van der Waals surface area contributed by atoms with Gasteiger partial charge in [-0.25, -0.2) is 9.59 Å². The standard InChI is InChI=1S/C25H31NO9/c1-11(2)23-17(34-23)18-25(35-18)22(3)7-5-12-13(10-31-19(12)28)14(22)9-15-24(25,33-15)20(23)32-21(29)30-8-6-16(27)26-4/h11,14-15,17-18,20H,5-10H2,1-4H3,(H,26,27)/t14-,15+,17+,18+,20-,22+,23+,24-,25-/m1/s1. The number of cyclic esters (lactones) is 1. The van der Waals surface area contributed by atoms with E-state index in [1.807, 2.05) is 0 Å². The summed E-state index contributed by atoms with van der Waals surface area (Å²) in [5, 5.41) is 2.50. The highest BCUT2D eigenvalue weighted by atomic mass is 16.8. The number of fused-ring (bicyclic) bond motifs is 4. The summed E-state index contributed by atoms with van der Waals surface area (Å²) in [4.78, 5) is 36.6. The Bertz CT molecular complexity index is 1090. The molecule has 0 aromatic carbocycles. The lowest BCUT2D eigenvalue weighted by atomic mass is 9.46. The first kappa shape index (κ1) is 22.1. The van der Waals surface area contributed by atoms with Crippen molar-refractivity contribution in [3.8, 4) is 0 Å². The van der Waals surface area contributed by atoms with Crippen molar-refractivity contribution in [1.29, 1.82) is 0 Å². The number of ether oxygens (including phenoxy) is 6. The average Bonchev–Trinajstić information content (AvgIpc) is 3.72. The molecule has 190 valence electrons. The number of carbonyl (C=O) groups is 3. The smallest absolute Gasteiger partial charge is 0.458 e. The van der Waals surface area contributed by atoms with Crippen LogP contribution in [0.15, 0.2) is 11.1 Å². The minimum absolute atomic E-state index is 0.0576. The zero-order valence-electron chi connectivity index (χ0n) is 20.4. The molecule has 2 spiro atoms. The van der Waals surface area contributed by atoms with E-state index in [4.69, 9.17) is 28.4 Å². The van der Waals surface area contributed by atoms with Crippen LogP contribution in [0.3, 0.4) is 0 Å². The van der Waals surface area contributed by atoms with Crippen LogP contribution in [-0.2, 0) is 38.0 Å². The summed E-state index contributed by atoms with van der Waals surface area (Å²) in [7, 11) is 1.53. The second kappa shape index (κ2) is 6.58. The van der Waals surface area contributed by atoms with E-state index < -0.39 is 29.1 Å². The summed E-state index contributed by atoms with van der Waals surface area (Å²) in [6.45, 7) is 6.61. The second-order valence-electron chi connectivity index (χ2n) is 11.5. The summed E-state index contributed by atoms with van der Waals surface area (Å²) in [5.41, 5.74) is -0.589. The van der Waals surface area contributed by atoms with Gasteiger partial charge in [-0.15, -0.1) is 0 Å². The Morgan fingerprint density at radius 1 is 1.20 bits per heavy atom. The van der Waals surface area contributed by atoms with Crippen LogP contribution in [0.2, 0.25) is 0 Å². The molecule has 35 heavy (non-hydrogen) atoms. The Hall–Kier alpha value is -2.17. The number of epoxide rings is 3. The highest BCUT2D eigenvalue weighted by Crippen LogP contribution is 2.83. The maximum atomic E-state index is 12.8. The summed E-state index contributed by atoms with van der Waals surface area (Å²) >= 11 is 0. The minimum atomic E-state index is -0.832. The fourth-order valence-corrected chi connectivity index (χ4v) is 8.32. The van der Waals surface area contributed by atoms with Gasteiger partial charge < -0.3 is 33.7 Å². The number of esters is 1. The molecule has 4 heterocycles. The molecule has 2 saturated carbocycles. The highest BCUT2D eigenvalue weighted by Gasteiger charge is 3.01. The molecule has 0 aromatic heterocycles. The van der Waals surface area contributed by atoms with Crippen LogP contribution in [0.25, 0.3) is 0 Å². The van der Waals surface area contributed by atoms with Gasteiger partial charge >= 0.3 is 12.1 Å². The van der Waals surface area contributed by atoms with Crippen molar-refractivity contribution < 1.29 is 42.8 Å². The average molecular weight is 490 g/mol. The lowest BCUT2D eigenvalue weighted by Gasteiger charge is -2.53. The lowest BCUT2D eigenvalue weighted by molar-refractivity contribution is -0.136. The molecular formula is C25H31NO9. The van der Waals surface area contributed by atoms with Gasteiger partial charge in [-0.2, -0.15) is 0 Å². The summed E-state index contributed by atoms with van der Waals surface area (Å²) in [6, 6.07) is 0. The molecule has 0 bridgehead atoms. The Morgan fingerprint density at radius 2 is 2.00 bits per heavy atom. The number of hydrogen-bond donors (Lipinski definition) is 1. The zero-order chi connectivity index (χ0) is 24.5. The quantitative estimate of drug-likeness (QED) is 0.450. The van der Waals surface area contributed by atoms with Crippen molar-refractivity contribution >= 4 is 18.0 Å². The lowest BCUT2D eigenvalue weighted by Crippen LogP contribution is -2.70. The predicted octanol–water partition coefficient (Wildman–Crippen LogP) is 1.40. The van der Waals surface area contributed by atoms with E-state index in [0.717, 1.165) is 17.6 Å². The molecule has 10 heteroatoms. The molecule has 5 fully saturated rings. The van der Waals surface area contributed by atoms with Crippen LogP contribution >= 0.6 is 0 Å². The van der Waals surface area contributed by atoms with Gasteiger partial charge in [0.15, 0.2) is 11.7 Å². The molecule has 0 aromatic rings. The molecule has 1 N–H and O–H groups in total. The minimum Gasteiger partial charge on any atom is -0.458 e. The SMILES string of the molecule is CNC(=O)CCOC(=O)O[C@@H]1[C@@]2(C(C)C)O[C@H]2[C@@H]2O[C@]23[C@]12O[C@H]2C[C@@H]1C2=C(CC[C@@]13C)C(=O)OC2. The fourth-order valence-electron chi connectivity index (χ4n) is 8.32. The maximum Gasteiger partial charge on any atom is 0.508 e. The molecule has 7 rings (SSSR count). The molecule has 3 saturated heterocycles. The van der Waals surface area contributed by atoms with E-state index in [-0.39, 0.29) is 60.5 Å². The van der Waals surface area contributed by atoms with Gasteiger partial charge in [-0.05, 0) is 36.7 Å². The van der Waals surface area contributed by atoms with Crippen molar-refractivity contribution in [3.63, 3.8) is 0 Å². The van der Waals surface area contributed by atoms with Gasteiger partial charge in [0.05, 0.1) is 12.5 Å². The Labute approximate surface area is 202 Å². The zero-order valence-corrected chi connectivity index (χ0v) is 20.4. The summed E-state index contributed by atoms with van der Waals surface area (Å²) < 4.78 is 36.3. The Balaban J connectivity index is 1.23. The van der Waals surface area contributed by atoms with Crippen LogP contribution < -0.4 is 5.32 Å². The van der Waals surface area contributed by atoms with Gasteiger partial charge in [-0.1, -0.05) is 20.8 Å². The molecule has 4 aliphatic heterocycles. The first-order chi connectivity index (χ1) is 16.7. The number of amides is 1. The molecule has 0 unspecified atom stereocenters. The van der Waals surface area contributed by atoms with E-state index in [2.05, 4.69) is 26.1 Å². The van der Waals surface area contributed by atoms with Gasteiger partial charge in [0, 0.05) is 18.0 Å². The first-order valence-electron chi connectivity index (χ1n) is 12.6. The highest BCUT2D eigenvalue weighted by molar-refractivity contribution is 5.92. The number of rotatable bonds is 5. The van der Waals surface area contributed by atoms with E-state index in [1.165, 1.54) is 7.05 Å². The van der Waals surface area contributed by atoms with E-state index >= 15 is 0 Å². The topological polar surface area (TPSA) is 129 Å². The summed E-state index contributed by atoms with van der Waals surface area (Å²) in [5.74, 6) is -0.253. The third-order valence-corrected chi connectivity index (χ3v) is 10.1. The van der Waals surface area contributed by atoms with Crippen molar-refractivity contribution in [1.82, 2.24) is 5.32 Å². The molecular weight excluding hydrogens is 458 g/mol. The maximum absolute atomic E-state index is 12.8. The Kier molecular flexibility index (Phi) is 4.14. The number of hydrogen-bond acceptors (Lipinski definition) is 9. The van der Waals surface area contributed by atoms with Crippen molar-refractivity contribution in [2.75, 3.05) is 20.3 Å². The monoisotopic (exact) mass is 489 g/mol. The predicted molar refractivity (Wildman–Crippen MR) is 116 cm³/mol. The fraction of sp³-hybridized carbons (Fsp3) is 0.800. The first-order valence-corrected chi connectivity index (χ1v) is 12.6. The van der Waals surface area contributed by atoms with Crippen molar-refractivity contribution in [2.45, 2.75) is 87.7 Å². The molecule has 0 radical (unpaired) electrons. The second-order valence-corrected chi connectivity index (χ2v) is 11.5. The third kappa shape index (κ3) is 2.35. The molecule has 10 nitrogen and oxygen atoms in total. The van der Waals surface area contributed by atoms with Crippen LogP contribution in [-0.4, -0.2) is 79.5 Å². The van der Waals surface area contributed by atoms with Crippen LogP contribution in [0.1, 0.15) is 46.5 Å². The summed E-state index contributed by atoms with van der Waals surface area (Å²) in [6.07, 6.45) is 0.139. The van der Waals surface area contributed by atoms with Gasteiger partial charge in [0.25, 0.3) is 0 Å². The van der Waals surface area contributed by atoms with Crippen molar-refractivity contribution in [3.05, 3.63) is 11.1 Å². The van der Waals surface area contributed by atoms with Gasteiger partial charge in [0.2, 0.25) is 5.91 Å². The van der Waals surface area contributed by atoms with E-state index in [0.29, 0.717) is 19.4 Å². The number of nitrogens with one attached hydrogen (secondary N) is 1. The number of carbonyl (C=O) groups excluding carboxylic acids is 3.